The van der Waals surface area contributed by atoms with Crippen molar-refractivity contribution in [3.05, 3.63) is 70.0 Å². The van der Waals surface area contributed by atoms with Crippen molar-refractivity contribution >= 4 is 11.6 Å². The van der Waals surface area contributed by atoms with Crippen LogP contribution in [0.25, 0.3) is 0 Å². The Labute approximate surface area is 132 Å². The molecule has 0 saturated carbocycles. The fourth-order valence-electron chi connectivity index (χ4n) is 2.08. The number of hydrogen-bond acceptors (Lipinski definition) is 5. The monoisotopic (exact) mass is 310 g/mol. The largest absolute Gasteiger partial charge is 0.333 e. The molecular formula is C16H14N4O3. The molecule has 0 spiro atoms. The minimum absolute atomic E-state index is 0.141. The predicted octanol–water partition coefficient (Wildman–Crippen LogP) is 2.55. The highest BCUT2D eigenvalue weighted by Crippen LogP contribution is 2.16. The zero-order valence-corrected chi connectivity index (χ0v) is 12.3. The Hall–Kier alpha value is -3.27. The van der Waals surface area contributed by atoms with Gasteiger partial charge in [-0.25, -0.2) is 0 Å². The van der Waals surface area contributed by atoms with Crippen LogP contribution < -0.4 is 0 Å². The van der Waals surface area contributed by atoms with Crippen LogP contribution in [0.4, 0.5) is 5.69 Å². The van der Waals surface area contributed by atoms with E-state index >= 15 is 0 Å². The topological polar surface area (TPSA) is 100 Å². The van der Waals surface area contributed by atoms with Crippen LogP contribution in [-0.2, 0) is 6.54 Å². The number of benzene rings is 1. The van der Waals surface area contributed by atoms with E-state index in [-0.39, 0.29) is 36.7 Å². The van der Waals surface area contributed by atoms with E-state index < -0.39 is 4.92 Å². The lowest BCUT2D eigenvalue weighted by Crippen LogP contribution is -2.31. The van der Waals surface area contributed by atoms with E-state index in [0.717, 1.165) is 5.56 Å². The number of rotatable bonds is 6. The number of carbonyl (C=O) groups is 1. The smallest absolute Gasteiger partial charge is 0.270 e. The molecule has 0 radical (unpaired) electrons. The number of nitrogens with zero attached hydrogens (tertiary/aromatic N) is 4. The van der Waals surface area contributed by atoms with Crippen LogP contribution in [0.1, 0.15) is 22.3 Å². The fourth-order valence-corrected chi connectivity index (χ4v) is 2.08. The van der Waals surface area contributed by atoms with Gasteiger partial charge in [-0.2, -0.15) is 5.26 Å². The number of non-ortho nitro benzene ring substituents is 1. The summed E-state index contributed by atoms with van der Waals surface area (Å²) >= 11 is 0. The Bertz CT molecular complexity index is 740. The molecule has 7 heteroatoms. The summed E-state index contributed by atoms with van der Waals surface area (Å²) in [6.07, 6.45) is 3.45. The van der Waals surface area contributed by atoms with Gasteiger partial charge in [-0.3, -0.25) is 19.9 Å². The van der Waals surface area contributed by atoms with E-state index in [9.17, 15) is 14.9 Å². The van der Waals surface area contributed by atoms with Crippen LogP contribution in [0.3, 0.4) is 0 Å². The van der Waals surface area contributed by atoms with Gasteiger partial charge in [0.15, 0.2) is 0 Å². The van der Waals surface area contributed by atoms with Crippen molar-refractivity contribution < 1.29 is 9.72 Å². The van der Waals surface area contributed by atoms with E-state index in [1.807, 2.05) is 12.1 Å². The normalized spacial score (nSPS) is 9.87. The third-order valence-corrected chi connectivity index (χ3v) is 3.18. The number of pyridine rings is 1. The molecule has 1 heterocycles. The molecule has 2 aromatic rings. The van der Waals surface area contributed by atoms with E-state index in [2.05, 4.69) is 4.98 Å². The number of nitro groups is 1. The van der Waals surface area contributed by atoms with E-state index in [1.54, 1.807) is 18.5 Å². The second-order valence-corrected chi connectivity index (χ2v) is 4.80. The van der Waals surface area contributed by atoms with Gasteiger partial charge >= 0.3 is 0 Å². The number of hydrogen-bond donors (Lipinski definition) is 0. The summed E-state index contributed by atoms with van der Waals surface area (Å²) in [6.45, 7) is 0.532. The van der Waals surface area contributed by atoms with Crippen LogP contribution >= 0.6 is 0 Å². The van der Waals surface area contributed by atoms with Gasteiger partial charge in [-0.15, -0.1) is 0 Å². The van der Waals surface area contributed by atoms with Crippen LogP contribution in [0.15, 0.2) is 48.8 Å². The molecule has 1 aromatic carbocycles. The van der Waals surface area contributed by atoms with Crippen molar-refractivity contribution in [2.24, 2.45) is 0 Å². The van der Waals surface area contributed by atoms with E-state index in [0.29, 0.717) is 0 Å². The third-order valence-electron chi connectivity index (χ3n) is 3.18. The maximum Gasteiger partial charge on any atom is 0.270 e. The molecule has 0 N–H and O–H groups in total. The van der Waals surface area contributed by atoms with Crippen molar-refractivity contribution in [3.8, 4) is 6.07 Å². The van der Waals surface area contributed by atoms with Crippen molar-refractivity contribution in [1.29, 1.82) is 5.26 Å². The molecule has 0 aliphatic heterocycles. The van der Waals surface area contributed by atoms with E-state index in [4.69, 9.17) is 5.26 Å². The number of nitro benzene ring substituents is 1. The van der Waals surface area contributed by atoms with Gasteiger partial charge < -0.3 is 4.90 Å². The van der Waals surface area contributed by atoms with Gasteiger partial charge in [0.1, 0.15) is 0 Å². The Morgan fingerprint density at radius 2 is 2.17 bits per heavy atom. The van der Waals surface area contributed by atoms with E-state index in [1.165, 1.54) is 29.2 Å². The van der Waals surface area contributed by atoms with Gasteiger partial charge in [0, 0.05) is 43.2 Å². The number of aromatic nitrogens is 1. The van der Waals surface area contributed by atoms with Crippen LogP contribution in [-0.4, -0.2) is 27.3 Å². The standard InChI is InChI=1S/C16H14N4O3/c17-7-3-9-19(12-13-4-2-8-18-11-13)16(21)14-5-1-6-15(10-14)20(22)23/h1-2,4-6,8,10-11H,3,9,12H2. The van der Waals surface area contributed by atoms with Gasteiger partial charge in [-0.1, -0.05) is 12.1 Å². The molecular weight excluding hydrogens is 296 g/mol. The lowest BCUT2D eigenvalue weighted by molar-refractivity contribution is -0.384. The highest BCUT2D eigenvalue weighted by molar-refractivity contribution is 5.94. The predicted molar refractivity (Wildman–Crippen MR) is 82.3 cm³/mol. The molecule has 0 bridgehead atoms. The van der Waals surface area contributed by atoms with Crippen LogP contribution in [0, 0.1) is 21.4 Å². The lowest BCUT2D eigenvalue weighted by atomic mass is 10.1. The lowest BCUT2D eigenvalue weighted by Gasteiger charge is -2.21. The summed E-state index contributed by atoms with van der Waals surface area (Å²) in [5.74, 6) is -0.354. The Morgan fingerprint density at radius 1 is 1.35 bits per heavy atom. The van der Waals surface area contributed by atoms with Crippen LogP contribution in [0.2, 0.25) is 0 Å². The van der Waals surface area contributed by atoms with Crippen LogP contribution in [0.5, 0.6) is 0 Å². The molecule has 2 rings (SSSR count). The quantitative estimate of drug-likeness (QED) is 0.603. The summed E-state index contributed by atoms with van der Waals surface area (Å²) in [4.78, 5) is 28.4. The molecule has 0 aliphatic carbocycles. The first-order valence-corrected chi connectivity index (χ1v) is 6.91. The Balaban J connectivity index is 2.24. The molecule has 7 nitrogen and oxygen atoms in total. The minimum atomic E-state index is -0.544. The fraction of sp³-hybridized carbons (Fsp3) is 0.188. The average Bonchev–Trinajstić information content (AvgIpc) is 2.59. The number of carbonyl (C=O) groups excluding carboxylic acids is 1. The summed E-state index contributed by atoms with van der Waals surface area (Å²) in [5, 5.41) is 19.6. The molecule has 0 fully saturated rings. The minimum Gasteiger partial charge on any atom is -0.333 e. The highest BCUT2D eigenvalue weighted by Gasteiger charge is 2.18. The van der Waals surface area contributed by atoms with Crippen molar-refractivity contribution in [1.82, 2.24) is 9.88 Å². The molecule has 1 aromatic heterocycles. The van der Waals surface area contributed by atoms with Gasteiger partial charge in [0.2, 0.25) is 0 Å². The van der Waals surface area contributed by atoms with Gasteiger partial charge in [-0.05, 0) is 17.7 Å². The molecule has 0 unspecified atom stereocenters. The SMILES string of the molecule is N#CCCN(Cc1cccnc1)C(=O)c1cccc([N+](=O)[O-])c1. The number of nitriles is 1. The first-order chi connectivity index (χ1) is 11.1. The average molecular weight is 310 g/mol. The van der Waals surface area contributed by atoms with Crippen molar-refractivity contribution in [2.75, 3.05) is 6.54 Å². The summed E-state index contributed by atoms with van der Waals surface area (Å²) in [6, 6.07) is 11.2. The number of amides is 1. The van der Waals surface area contributed by atoms with Gasteiger partial charge in [0.25, 0.3) is 11.6 Å². The second-order valence-electron chi connectivity index (χ2n) is 4.80. The molecule has 0 saturated heterocycles. The molecule has 116 valence electrons. The zero-order chi connectivity index (χ0) is 16.7. The maximum absolute atomic E-state index is 12.6. The second kappa shape index (κ2) is 7.66. The molecule has 0 aliphatic rings. The Kier molecular flexibility index (Phi) is 5.36. The van der Waals surface area contributed by atoms with Crippen molar-refractivity contribution in [2.45, 2.75) is 13.0 Å². The summed E-state index contributed by atoms with van der Waals surface area (Å²) in [7, 11) is 0. The first kappa shape index (κ1) is 16.1. The van der Waals surface area contributed by atoms with Crippen molar-refractivity contribution in [3.63, 3.8) is 0 Å². The molecule has 0 atom stereocenters. The zero-order valence-electron chi connectivity index (χ0n) is 12.3. The highest BCUT2D eigenvalue weighted by atomic mass is 16.6. The molecule has 23 heavy (non-hydrogen) atoms. The summed E-state index contributed by atoms with van der Waals surface area (Å²) < 4.78 is 0. The Morgan fingerprint density at radius 3 is 2.83 bits per heavy atom. The first-order valence-electron chi connectivity index (χ1n) is 6.91. The summed E-state index contributed by atoms with van der Waals surface area (Å²) in [5.41, 5.74) is 0.905. The maximum atomic E-state index is 12.6. The molecule has 1 amide bonds. The van der Waals surface area contributed by atoms with Gasteiger partial charge in [0.05, 0.1) is 17.4 Å². The third kappa shape index (κ3) is 4.35.